The summed E-state index contributed by atoms with van der Waals surface area (Å²) in [6, 6.07) is 3.63. The summed E-state index contributed by atoms with van der Waals surface area (Å²) in [7, 11) is 1.60. The lowest BCUT2D eigenvalue weighted by Gasteiger charge is -2.11. The van der Waals surface area contributed by atoms with Gasteiger partial charge in [-0.2, -0.15) is 0 Å². The first-order valence-corrected chi connectivity index (χ1v) is 8.74. The fourth-order valence-electron chi connectivity index (χ4n) is 2.43. The summed E-state index contributed by atoms with van der Waals surface area (Å²) in [4.78, 5) is 31.4. The van der Waals surface area contributed by atoms with Crippen molar-refractivity contribution < 1.29 is 9.90 Å². The van der Waals surface area contributed by atoms with Crippen molar-refractivity contribution in [3.8, 4) is 0 Å². The number of hydrogen-bond acceptors (Lipinski definition) is 7. The van der Waals surface area contributed by atoms with Gasteiger partial charge in [-0.1, -0.05) is 30.0 Å². The second-order valence-electron chi connectivity index (χ2n) is 5.46. The van der Waals surface area contributed by atoms with Crippen molar-refractivity contribution in [3.05, 3.63) is 44.7 Å². The maximum absolute atomic E-state index is 12.9. The molecule has 3 rings (SSSR count). The van der Waals surface area contributed by atoms with Gasteiger partial charge in [0.15, 0.2) is 0 Å². The Morgan fingerprint density at radius 3 is 2.84 bits per heavy atom. The van der Waals surface area contributed by atoms with Gasteiger partial charge in [0, 0.05) is 19.8 Å². The van der Waals surface area contributed by atoms with E-state index >= 15 is 0 Å². The summed E-state index contributed by atoms with van der Waals surface area (Å²) in [5, 5.41) is 12.0. The Balaban J connectivity index is 2.22. The highest BCUT2D eigenvalue weighted by molar-refractivity contribution is 8.26. The molecule has 1 aliphatic rings. The van der Waals surface area contributed by atoms with E-state index in [4.69, 9.17) is 17.3 Å². The maximum Gasteiger partial charge on any atom is 0.267 e. The number of aliphatic hydroxyl groups excluding tert-OH is 1. The number of thioether (sulfide) groups is 1. The highest BCUT2D eigenvalue weighted by Gasteiger charge is 2.29. The van der Waals surface area contributed by atoms with Gasteiger partial charge >= 0.3 is 0 Å². The molecule has 7 nitrogen and oxygen atoms in total. The second-order valence-corrected chi connectivity index (χ2v) is 7.13. The van der Waals surface area contributed by atoms with Crippen molar-refractivity contribution in [1.29, 1.82) is 0 Å². The lowest BCUT2D eigenvalue weighted by atomic mass is 10.2. The molecule has 1 fully saturated rings. The van der Waals surface area contributed by atoms with Crippen LogP contribution in [0.15, 0.2) is 28.0 Å². The van der Waals surface area contributed by atoms with E-state index in [1.54, 1.807) is 19.3 Å². The molecule has 1 amide bonds. The van der Waals surface area contributed by atoms with Gasteiger partial charge in [0.1, 0.15) is 15.8 Å². The first-order valence-electron chi connectivity index (χ1n) is 7.52. The van der Waals surface area contributed by atoms with Crippen LogP contribution in [0.3, 0.4) is 0 Å². The summed E-state index contributed by atoms with van der Waals surface area (Å²) in [6.45, 7) is 1.99. The maximum atomic E-state index is 12.9. The van der Waals surface area contributed by atoms with Crippen LogP contribution in [0.5, 0.6) is 0 Å². The lowest BCUT2D eigenvalue weighted by molar-refractivity contribution is -0.121. The average Bonchev–Trinajstić information content (AvgIpc) is 2.83. The fourth-order valence-corrected chi connectivity index (χ4v) is 3.59. The monoisotopic (exact) mass is 376 g/mol. The predicted molar refractivity (Wildman–Crippen MR) is 103 cm³/mol. The van der Waals surface area contributed by atoms with Gasteiger partial charge in [-0.25, -0.2) is 4.98 Å². The minimum absolute atomic E-state index is 0.106. The van der Waals surface area contributed by atoms with Crippen LogP contribution >= 0.6 is 24.0 Å². The summed E-state index contributed by atoms with van der Waals surface area (Å²) >= 11 is 6.26. The molecule has 2 aromatic heterocycles. The SMILES string of the molecule is Cc1cccn2c(=O)c(C=C3SC(=S)N(C)C3=O)c(NCCO)nc12. The van der Waals surface area contributed by atoms with Crippen molar-refractivity contribution in [3.63, 3.8) is 0 Å². The van der Waals surface area contributed by atoms with E-state index in [0.717, 1.165) is 17.3 Å². The minimum atomic E-state index is -0.296. The molecule has 0 aromatic carbocycles. The van der Waals surface area contributed by atoms with Crippen LogP contribution in [0, 0.1) is 6.92 Å². The minimum Gasteiger partial charge on any atom is -0.395 e. The molecule has 0 bridgehead atoms. The Hall–Kier alpha value is -2.23. The van der Waals surface area contributed by atoms with Crippen LogP contribution < -0.4 is 10.9 Å². The molecule has 130 valence electrons. The van der Waals surface area contributed by atoms with Gasteiger partial charge in [0.25, 0.3) is 11.5 Å². The average molecular weight is 376 g/mol. The van der Waals surface area contributed by atoms with E-state index < -0.39 is 0 Å². The third kappa shape index (κ3) is 3.17. The number of pyridine rings is 1. The number of anilines is 1. The number of likely N-dealkylation sites (N-methyl/N-ethyl adjacent to an activating group) is 1. The number of carbonyl (C=O) groups is 1. The lowest BCUT2D eigenvalue weighted by Crippen LogP contribution is -2.23. The van der Waals surface area contributed by atoms with Crippen LogP contribution in [0.2, 0.25) is 0 Å². The number of aryl methyl sites for hydroxylation is 1. The van der Waals surface area contributed by atoms with Crippen LogP contribution in [-0.4, -0.2) is 49.8 Å². The van der Waals surface area contributed by atoms with Gasteiger partial charge in [0.05, 0.1) is 17.1 Å². The molecule has 2 aromatic rings. The molecule has 1 aliphatic heterocycles. The van der Waals surface area contributed by atoms with Crippen molar-refractivity contribution in [2.45, 2.75) is 6.92 Å². The zero-order chi connectivity index (χ0) is 18.1. The first-order chi connectivity index (χ1) is 11.9. The number of fused-ring (bicyclic) bond motifs is 1. The van der Waals surface area contributed by atoms with Crippen molar-refractivity contribution in [2.75, 3.05) is 25.5 Å². The van der Waals surface area contributed by atoms with E-state index in [1.807, 2.05) is 13.0 Å². The molecular weight excluding hydrogens is 360 g/mol. The van der Waals surface area contributed by atoms with Gasteiger partial charge in [-0.3, -0.25) is 18.9 Å². The van der Waals surface area contributed by atoms with Gasteiger partial charge in [-0.15, -0.1) is 0 Å². The molecular formula is C16H16N4O3S2. The molecule has 0 atom stereocenters. The van der Waals surface area contributed by atoms with Gasteiger partial charge in [0.2, 0.25) is 0 Å². The first kappa shape index (κ1) is 17.6. The molecule has 25 heavy (non-hydrogen) atoms. The van der Waals surface area contributed by atoms with Gasteiger partial charge < -0.3 is 10.4 Å². The second kappa shape index (κ2) is 6.95. The van der Waals surface area contributed by atoms with E-state index in [-0.39, 0.29) is 30.2 Å². The molecule has 0 unspecified atom stereocenters. The molecule has 2 N–H and O–H groups in total. The number of hydrogen-bond donors (Lipinski definition) is 2. The van der Waals surface area contributed by atoms with Crippen molar-refractivity contribution in [1.82, 2.24) is 14.3 Å². The van der Waals surface area contributed by atoms with Crippen molar-refractivity contribution >= 4 is 51.7 Å². The Labute approximate surface area is 153 Å². The Bertz CT molecular complexity index is 968. The number of carbonyl (C=O) groups excluding carboxylic acids is 1. The predicted octanol–water partition coefficient (Wildman–Crippen LogP) is 1.24. The molecule has 0 aliphatic carbocycles. The topological polar surface area (TPSA) is 86.9 Å². The van der Waals surface area contributed by atoms with Crippen LogP contribution in [0.25, 0.3) is 11.7 Å². The van der Waals surface area contributed by atoms with Crippen LogP contribution in [-0.2, 0) is 4.79 Å². The summed E-state index contributed by atoms with van der Waals surface area (Å²) in [6.07, 6.45) is 3.14. The molecule has 1 saturated heterocycles. The normalized spacial score (nSPS) is 16.3. The Morgan fingerprint density at radius 2 is 2.20 bits per heavy atom. The number of rotatable bonds is 4. The Kier molecular flexibility index (Phi) is 4.89. The largest absolute Gasteiger partial charge is 0.395 e. The number of aliphatic hydroxyl groups is 1. The molecule has 9 heteroatoms. The van der Waals surface area contributed by atoms with E-state index in [9.17, 15) is 9.59 Å². The number of aromatic nitrogens is 2. The van der Waals surface area contributed by atoms with E-state index in [0.29, 0.717) is 20.7 Å². The molecule has 0 radical (unpaired) electrons. The summed E-state index contributed by atoms with van der Waals surface area (Å²) in [5.41, 5.74) is 1.33. The van der Waals surface area contributed by atoms with E-state index in [2.05, 4.69) is 10.3 Å². The number of thiocarbonyl (C=S) groups is 1. The van der Waals surface area contributed by atoms with Gasteiger partial charge in [-0.05, 0) is 24.6 Å². The number of nitrogens with one attached hydrogen (secondary N) is 1. The summed E-state index contributed by atoms with van der Waals surface area (Å²) < 4.78 is 1.88. The van der Waals surface area contributed by atoms with E-state index in [1.165, 1.54) is 15.4 Å². The zero-order valence-corrected chi connectivity index (χ0v) is 15.3. The van der Waals surface area contributed by atoms with Crippen molar-refractivity contribution in [2.24, 2.45) is 0 Å². The highest BCUT2D eigenvalue weighted by atomic mass is 32.2. The third-order valence-electron chi connectivity index (χ3n) is 3.75. The standard InChI is InChI=1S/C16H16N4O3S2/c1-9-4-3-6-20-13(9)18-12(17-5-7-21)10(14(20)22)8-11-15(23)19(2)16(24)25-11/h3-4,6,8,17,21H,5,7H2,1-2H3. The quantitative estimate of drug-likeness (QED) is 0.613. The summed E-state index contributed by atoms with van der Waals surface area (Å²) in [5.74, 6) is 0.0755. The smallest absolute Gasteiger partial charge is 0.267 e. The molecule has 3 heterocycles. The fraction of sp³-hybridized carbons (Fsp3) is 0.250. The highest BCUT2D eigenvalue weighted by Crippen LogP contribution is 2.31. The van der Waals surface area contributed by atoms with Crippen LogP contribution in [0.4, 0.5) is 5.82 Å². The third-order valence-corrected chi connectivity index (χ3v) is 5.24. The Morgan fingerprint density at radius 1 is 1.44 bits per heavy atom. The van der Waals surface area contributed by atoms with Crippen LogP contribution in [0.1, 0.15) is 11.1 Å². The molecule has 0 spiro atoms. The number of amides is 1. The number of nitrogens with zero attached hydrogens (tertiary/aromatic N) is 3. The zero-order valence-electron chi connectivity index (χ0n) is 13.6. The molecule has 0 saturated carbocycles.